The van der Waals surface area contributed by atoms with Crippen molar-refractivity contribution in [3.05, 3.63) is 0 Å². The molecule has 0 fully saturated rings. The van der Waals surface area contributed by atoms with Gasteiger partial charge in [-0.1, -0.05) is 169 Å². The first kappa shape index (κ1) is 36.3. The molecule has 0 aromatic carbocycles. The van der Waals surface area contributed by atoms with Crippen LogP contribution in [0.25, 0.3) is 0 Å². The largest absolute Gasteiger partial charge is 0.319 e. The van der Waals surface area contributed by atoms with Gasteiger partial charge in [0.1, 0.15) is 0 Å². The van der Waals surface area contributed by atoms with E-state index in [1.54, 1.807) is 0 Å². The quantitative estimate of drug-likeness (QED) is 0.0824. The van der Waals surface area contributed by atoms with Crippen LogP contribution in [0.15, 0.2) is 0 Å². The third kappa shape index (κ3) is 36.7. The van der Waals surface area contributed by atoms with Crippen molar-refractivity contribution in [2.75, 3.05) is 13.2 Å². The van der Waals surface area contributed by atoms with Crippen LogP contribution in [0.1, 0.15) is 182 Å². The molecule has 0 rings (SSSR count). The van der Waals surface area contributed by atoms with E-state index in [0.29, 0.717) is 13.2 Å². The predicted octanol–water partition coefficient (Wildman–Crippen LogP) is 11.8. The van der Waals surface area contributed by atoms with E-state index in [1.165, 1.54) is 141 Å². The maximum absolute atomic E-state index is 11.6. The minimum atomic E-state index is -2.25. The van der Waals surface area contributed by atoms with E-state index in [2.05, 4.69) is 27.7 Å². The Morgan fingerprint density at radius 1 is 0.353 bits per heavy atom. The lowest BCUT2D eigenvalue weighted by Gasteiger charge is -2.06. The molecular weight excluding hydrogens is 439 g/mol. The van der Waals surface area contributed by atoms with Crippen molar-refractivity contribution < 1.29 is 13.6 Å². The summed E-state index contributed by atoms with van der Waals surface area (Å²) in [6.45, 7) is 10.2. The fourth-order valence-electron chi connectivity index (χ4n) is 4.03. The molecular formula is C30H65O3P. The van der Waals surface area contributed by atoms with Crippen molar-refractivity contribution in [1.29, 1.82) is 0 Å². The molecule has 0 aromatic heterocycles. The van der Waals surface area contributed by atoms with E-state index >= 15 is 0 Å². The molecule has 0 saturated heterocycles. The molecule has 0 N–H and O–H groups in total. The average molecular weight is 505 g/mol. The Morgan fingerprint density at radius 2 is 0.559 bits per heavy atom. The second-order valence-corrected chi connectivity index (χ2v) is 11.1. The van der Waals surface area contributed by atoms with Gasteiger partial charge in [0.15, 0.2) is 0 Å². The van der Waals surface area contributed by atoms with E-state index in [4.69, 9.17) is 9.05 Å². The molecule has 208 valence electrons. The van der Waals surface area contributed by atoms with Crippen molar-refractivity contribution >= 4 is 8.25 Å². The van der Waals surface area contributed by atoms with Gasteiger partial charge in [-0.3, -0.25) is 4.57 Å². The Bertz CT molecular complexity index is 331. The molecule has 3 nitrogen and oxygen atoms in total. The smallest absolute Gasteiger partial charge is 0.311 e. The van der Waals surface area contributed by atoms with Gasteiger partial charge in [0, 0.05) is 0 Å². The van der Waals surface area contributed by atoms with E-state index < -0.39 is 8.25 Å². The van der Waals surface area contributed by atoms with E-state index in [9.17, 15) is 4.57 Å². The highest BCUT2D eigenvalue weighted by molar-refractivity contribution is 7.33. The Hall–Kier alpha value is 0.150. The third-order valence-corrected chi connectivity index (χ3v) is 7.27. The molecule has 0 spiro atoms. The van der Waals surface area contributed by atoms with Crippen molar-refractivity contribution in [2.24, 2.45) is 0 Å². The Labute approximate surface area is 216 Å². The lowest BCUT2D eigenvalue weighted by molar-refractivity contribution is 0.218. The lowest BCUT2D eigenvalue weighted by atomic mass is 10.1. The van der Waals surface area contributed by atoms with Crippen LogP contribution in [0.5, 0.6) is 0 Å². The van der Waals surface area contributed by atoms with Gasteiger partial charge in [0.05, 0.1) is 13.2 Å². The van der Waals surface area contributed by atoms with Crippen LogP contribution >= 0.6 is 8.25 Å². The van der Waals surface area contributed by atoms with Crippen LogP contribution in [0.2, 0.25) is 0 Å². The van der Waals surface area contributed by atoms with Gasteiger partial charge < -0.3 is 9.05 Å². The summed E-state index contributed by atoms with van der Waals surface area (Å²) < 4.78 is 22.2. The first-order chi connectivity index (χ1) is 16.7. The molecule has 0 amide bonds. The topological polar surface area (TPSA) is 35.5 Å². The van der Waals surface area contributed by atoms with Gasteiger partial charge in [0.25, 0.3) is 0 Å². The number of hydrogen-bond acceptors (Lipinski definition) is 3. The fraction of sp³-hybridized carbons (Fsp3) is 1.00. The predicted molar refractivity (Wildman–Crippen MR) is 154 cm³/mol. The molecule has 0 saturated carbocycles. The first-order valence-corrected chi connectivity index (χ1v) is 16.7. The van der Waals surface area contributed by atoms with Crippen molar-refractivity contribution in [3.8, 4) is 0 Å². The summed E-state index contributed by atoms with van der Waals surface area (Å²) >= 11 is 0. The van der Waals surface area contributed by atoms with Gasteiger partial charge in [0.2, 0.25) is 0 Å². The summed E-state index contributed by atoms with van der Waals surface area (Å²) in [6, 6.07) is 0. The highest BCUT2D eigenvalue weighted by Crippen LogP contribution is 2.25. The zero-order valence-corrected chi connectivity index (χ0v) is 25.1. The number of hydrogen-bond donors (Lipinski definition) is 0. The highest BCUT2D eigenvalue weighted by Gasteiger charge is 2.00. The van der Waals surface area contributed by atoms with Gasteiger partial charge in [-0.15, -0.1) is 0 Å². The maximum Gasteiger partial charge on any atom is 0.319 e. The summed E-state index contributed by atoms with van der Waals surface area (Å²) in [5.41, 5.74) is 0. The van der Waals surface area contributed by atoms with E-state index in [0.717, 1.165) is 12.8 Å². The minimum absolute atomic E-state index is 0.587. The number of rotatable bonds is 27. The Kier molecular flexibility index (Phi) is 37.7. The Balaban J connectivity index is 0. The van der Waals surface area contributed by atoms with Crippen LogP contribution in [0, 0.1) is 0 Å². The normalized spacial score (nSPS) is 11.1. The van der Waals surface area contributed by atoms with Crippen LogP contribution in [0.4, 0.5) is 0 Å². The standard InChI is InChI=1S/C20H43O3P.C10H22/c1-3-5-7-9-11-13-15-17-19-22-24(21)23-20-18-16-14-12-10-8-6-4-2;1-3-5-7-9-10-8-6-4-2/h24H,3-20H2,1-2H3;3-10H2,1-2H3. The molecule has 0 aliphatic rings. The average Bonchev–Trinajstić information content (AvgIpc) is 2.84. The highest BCUT2D eigenvalue weighted by atomic mass is 31.1. The summed E-state index contributed by atoms with van der Waals surface area (Å²) in [5.74, 6) is 0. The zero-order chi connectivity index (χ0) is 25.4. The third-order valence-electron chi connectivity index (χ3n) is 6.39. The Morgan fingerprint density at radius 3 is 0.794 bits per heavy atom. The second-order valence-electron chi connectivity index (χ2n) is 10.0. The molecule has 34 heavy (non-hydrogen) atoms. The second kappa shape index (κ2) is 35.3. The zero-order valence-electron chi connectivity index (χ0n) is 24.1. The first-order valence-electron chi connectivity index (χ1n) is 15.5. The summed E-state index contributed by atoms with van der Waals surface area (Å²) in [4.78, 5) is 0. The molecule has 0 bridgehead atoms. The van der Waals surface area contributed by atoms with Crippen LogP contribution in [-0.4, -0.2) is 13.2 Å². The molecule has 0 unspecified atom stereocenters. The molecule has 0 aliphatic carbocycles. The molecule has 0 aromatic rings. The maximum atomic E-state index is 11.6. The molecule has 0 aliphatic heterocycles. The van der Waals surface area contributed by atoms with Crippen LogP contribution in [0.3, 0.4) is 0 Å². The van der Waals surface area contributed by atoms with Gasteiger partial charge in [-0.2, -0.15) is 0 Å². The molecule has 0 heterocycles. The van der Waals surface area contributed by atoms with Gasteiger partial charge in [-0.05, 0) is 12.8 Å². The van der Waals surface area contributed by atoms with Crippen molar-refractivity contribution in [1.82, 2.24) is 0 Å². The summed E-state index contributed by atoms with van der Waals surface area (Å²) in [6.07, 6.45) is 31.8. The van der Waals surface area contributed by atoms with Crippen LogP contribution < -0.4 is 0 Å². The van der Waals surface area contributed by atoms with Crippen LogP contribution in [-0.2, 0) is 13.6 Å². The number of unbranched alkanes of at least 4 members (excludes halogenated alkanes) is 21. The molecule has 0 radical (unpaired) electrons. The van der Waals surface area contributed by atoms with Gasteiger partial charge >= 0.3 is 8.25 Å². The van der Waals surface area contributed by atoms with Gasteiger partial charge in [-0.25, -0.2) is 0 Å². The lowest BCUT2D eigenvalue weighted by Crippen LogP contribution is -1.92. The summed E-state index contributed by atoms with van der Waals surface area (Å²) in [5, 5.41) is 0. The molecule has 0 atom stereocenters. The summed E-state index contributed by atoms with van der Waals surface area (Å²) in [7, 11) is -2.25. The van der Waals surface area contributed by atoms with E-state index in [-0.39, 0.29) is 0 Å². The molecule has 4 heteroatoms. The SMILES string of the molecule is CCCCCCCCCC.CCCCCCCCCCO[PH](=O)OCCCCCCCCCC. The minimum Gasteiger partial charge on any atom is -0.311 e. The van der Waals surface area contributed by atoms with Crippen molar-refractivity contribution in [3.63, 3.8) is 0 Å². The fourth-order valence-corrected chi connectivity index (χ4v) is 4.74. The van der Waals surface area contributed by atoms with Crippen molar-refractivity contribution in [2.45, 2.75) is 182 Å². The van der Waals surface area contributed by atoms with E-state index in [1.807, 2.05) is 0 Å². The monoisotopic (exact) mass is 504 g/mol.